The van der Waals surface area contributed by atoms with E-state index in [2.05, 4.69) is 5.32 Å². The molecule has 0 fully saturated rings. The molecule has 0 aliphatic heterocycles. The topological polar surface area (TPSA) is 71.3 Å². The number of hydrogen-bond acceptors (Lipinski definition) is 2. The van der Waals surface area contributed by atoms with Gasteiger partial charge >= 0.3 is 5.97 Å². The van der Waals surface area contributed by atoms with Crippen molar-refractivity contribution in [2.24, 2.45) is 7.05 Å². The van der Waals surface area contributed by atoms with Gasteiger partial charge in [-0.1, -0.05) is 37.3 Å². The molecule has 2 rings (SSSR count). The van der Waals surface area contributed by atoms with Crippen LogP contribution in [0.2, 0.25) is 0 Å². The Bertz CT molecular complexity index is 691. The first-order valence-corrected chi connectivity index (χ1v) is 7.16. The lowest BCUT2D eigenvalue weighted by Gasteiger charge is -2.30. The van der Waals surface area contributed by atoms with Crippen molar-refractivity contribution >= 4 is 11.9 Å². The van der Waals surface area contributed by atoms with E-state index >= 15 is 0 Å². The van der Waals surface area contributed by atoms with Crippen LogP contribution in [-0.2, 0) is 17.4 Å². The molecule has 5 nitrogen and oxygen atoms in total. The van der Waals surface area contributed by atoms with Crippen molar-refractivity contribution in [3.8, 4) is 0 Å². The molecule has 0 spiro atoms. The summed E-state index contributed by atoms with van der Waals surface area (Å²) >= 11 is 0. The van der Waals surface area contributed by atoms with Gasteiger partial charge in [0.2, 0.25) is 0 Å². The third-order valence-electron chi connectivity index (χ3n) is 4.09. The fraction of sp³-hybridized carbons (Fsp3) is 0.294. The summed E-state index contributed by atoms with van der Waals surface area (Å²) in [5.41, 5.74) is 0.496. The molecule has 1 heterocycles. The largest absolute Gasteiger partial charge is 0.479 e. The molecule has 1 aromatic heterocycles. The number of aliphatic carboxylic acids is 1. The third kappa shape index (κ3) is 2.62. The second-order valence-corrected chi connectivity index (χ2v) is 5.30. The summed E-state index contributed by atoms with van der Waals surface area (Å²) in [6.07, 6.45) is 0.251. The second kappa shape index (κ2) is 6.05. The number of benzene rings is 1. The molecule has 0 saturated carbocycles. The summed E-state index contributed by atoms with van der Waals surface area (Å²) < 4.78 is 1.74. The normalized spacial score (nSPS) is 13.4. The predicted octanol–water partition coefficient (Wildman–Crippen LogP) is 2.45. The molecule has 2 aromatic rings. The quantitative estimate of drug-likeness (QED) is 0.891. The smallest absolute Gasteiger partial charge is 0.334 e. The van der Waals surface area contributed by atoms with E-state index < -0.39 is 17.4 Å². The van der Waals surface area contributed by atoms with Crippen LogP contribution >= 0.6 is 0 Å². The minimum Gasteiger partial charge on any atom is -0.479 e. The monoisotopic (exact) mass is 300 g/mol. The van der Waals surface area contributed by atoms with Gasteiger partial charge in [-0.2, -0.15) is 0 Å². The van der Waals surface area contributed by atoms with Gasteiger partial charge in [0.15, 0.2) is 5.54 Å². The van der Waals surface area contributed by atoms with Crippen molar-refractivity contribution in [2.75, 3.05) is 0 Å². The van der Waals surface area contributed by atoms with Crippen molar-refractivity contribution in [1.29, 1.82) is 0 Å². The Kier molecular flexibility index (Phi) is 4.35. The van der Waals surface area contributed by atoms with Crippen molar-refractivity contribution in [2.45, 2.75) is 25.8 Å². The molecule has 1 unspecified atom stereocenters. The molecular weight excluding hydrogens is 280 g/mol. The third-order valence-corrected chi connectivity index (χ3v) is 4.09. The first-order chi connectivity index (χ1) is 10.4. The zero-order valence-corrected chi connectivity index (χ0v) is 13.0. The van der Waals surface area contributed by atoms with Gasteiger partial charge in [-0.15, -0.1) is 0 Å². The van der Waals surface area contributed by atoms with Gasteiger partial charge in [-0.05, 0) is 31.0 Å². The van der Waals surface area contributed by atoms with E-state index in [-0.39, 0.29) is 6.42 Å². The van der Waals surface area contributed by atoms with E-state index in [1.54, 1.807) is 48.9 Å². The Morgan fingerprint density at radius 2 is 1.82 bits per heavy atom. The molecule has 22 heavy (non-hydrogen) atoms. The minimum absolute atomic E-state index is 0.251. The number of hydrogen-bond donors (Lipinski definition) is 2. The van der Waals surface area contributed by atoms with Gasteiger partial charge in [0.25, 0.3) is 5.91 Å². The summed E-state index contributed by atoms with van der Waals surface area (Å²) in [5, 5.41) is 12.4. The molecule has 1 atom stereocenters. The molecule has 0 saturated heterocycles. The Labute approximate surface area is 129 Å². The number of nitrogens with zero attached hydrogens (tertiary/aromatic N) is 1. The van der Waals surface area contributed by atoms with Gasteiger partial charge in [0.1, 0.15) is 5.69 Å². The van der Waals surface area contributed by atoms with Crippen LogP contribution in [0, 0.1) is 6.92 Å². The molecule has 116 valence electrons. The number of carboxylic acids is 1. The summed E-state index contributed by atoms with van der Waals surface area (Å²) in [7, 11) is 1.78. The highest BCUT2D eigenvalue weighted by Crippen LogP contribution is 2.26. The Balaban J connectivity index is 2.42. The molecule has 1 amide bonds. The van der Waals surface area contributed by atoms with Gasteiger partial charge in [-0.25, -0.2) is 4.79 Å². The van der Waals surface area contributed by atoms with E-state index in [0.29, 0.717) is 11.3 Å². The van der Waals surface area contributed by atoms with Crippen LogP contribution in [-0.4, -0.2) is 21.6 Å². The molecule has 1 aromatic carbocycles. The van der Waals surface area contributed by atoms with Crippen LogP contribution in [0.4, 0.5) is 0 Å². The fourth-order valence-corrected chi connectivity index (χ4v) is 2.51. The number of amides is 1. The van der Waals surface area contributed by atoms with Crippen LogP contribution in [0.3, 0.4) is 0 Å². The van der Waals surface area contributed by atoms with Crippen LogP contribution in [0.25, 0.3) is 0 Å². The second-order valence-electron chi connectivity index (χ2n) is 5.30. The molecule has 0 aliphatic rings. The zero-order chi connectivity index (χ0) is 16.3. The lowest BCUT2D eigenvalue weighted by Crippen LogP contribution is -2.51. The SMILES string of the molecule is CCC(NC(=O)c1ccc(C)n1C)(C(=O)O)c1ccccc1. The summed E-state index contributed by atoms with van der Waals surface area (Å²) in [5.74, 6) is -1.47. The Morgan fingerprint density at radius 3 is 2.27 bits per heavy atom. The standard InChI is InChI=1S/C17H20N2O3/c1-4-17(16(21)22,13-8-6-5-7-9-13)18-15(20)14-11-10-12(2)19(14)3/h5-11H,4H2,1-3H3,(H,18,20)(H,21,22). The Hall–Kier alpha value is -2.56. The van der Waals surface area contributed by atoms with Crippen molar-refractivity contribution in [1.82, 2.24) is 9.88 Å². The van der Waals surface area contributed by atoms with Crippen molar-refractivity contribution < 1.29 is 14.7 Å². The predicted molar refractivity (Wildman–Crippen MR) is 83.7 cm³/mol. The molecular formula is C17H20N2O3. The van der Waals surface area contributed by atoms with E-state index in [1.165, 1.54) is 0 Å². The summed E-state index contributed by atoms with van der Waals surface area (Å²) in [6, 6.07) is 12.3. The van der Waals surface area contributed by atoms with E-state index in [4.69, 9.17) is 0 Å². The maximum atomic E-state index is 12.5. The molecule has 5 heteroatoms. The highest BCUT2D eigenvalue weighted by molar-refractivity contribution is 5.97. The minimum atomic E-state index is -1.43. The summed E-state index contributed by atoms with van der Waals surface area (Å²) in [4.78, 5) is 24.4. The zero-order valence-electron chi connectivity index (χ0n) is 13.0. The number of aromatic nitrogens is 1. The van der Waals surface area contributed by atoms with Crippen LogP contribution in [0.1, 0.15) is 35.1 Å². The van der Waals surface area contributed by atoms with Crippen LogP contribution < -0.4 is 5.32 Å². The number of carbonyl (C=O) groups excluding carboxylic acids is 1. The molecule has 0 aliphatic carbocycles. The average Bonchev–Trinajstić information content (AvgIpc) is 2.85. The number of carbonyl (C=O) groups is 2. The molecule has 0 bridgehead atoms. The first kappa shape index (κ1) is 15.8. The number of rotatable bonds is 5. The fourth-order valence-electron chi connectivity index (χ4n) is 2.51. The maximum Gasteiger partial charge on any atom is 0.334 e. The maximum absolute atomic E-state index is 12.5. The molecule has 2 N–H and O–H groups in total. The first-order valence-electron chi connectivity index (χ1n) is 7.16. The number of carboxylic acid groups (broad SMARTS) is 1. The van der Waals surface area contributed by atoms with Crippen LogP contribution in [0.15, 0.2) is 42.5 Å². The average molecular weight is 300 g/mol. The number of nitrogens with one attached hydrogen (secondary N) is 1. The highest BCUT2D eigenvalue weighted by Gasteiger charge is 2.40. The Morgan fingerprint density at radius 1 is 1.18 bits per heavy atom. The lowest BCUT2D eigenvalue weighted by atomic mass is 9.87. The van der Waals surface area contributed by atoms with Gasteiger partial charge < -0.3 is 15.0 Å². The van der Waals surface area contributed by atoms with Gasteiger partial charge in [0.05, 0.1) is 0 Å². The number of aryl methyl sites for hydroxylation is 1. The van der Waals surface area contributed by atoms with E-state index in [0.717, 1.165) is 5.69 Å². The highest BCUT2D eigenvalue weighted by atomic mass is 16.4. The van der Waals surface area contributed by atoms with Crippen molar-refractivity contribution in [3.05, 3.63) is 59.4 Å². The van der Waals surface area contributed by atoms with Gasteiger partial charge in [0, 0.05) is 12.7 Å². The van der Waals surface area contributed by atoms with Crippen molar-refractivity contribution in [3.63, 3.8) is 0 Å². The van der Waals surface area contributed by atoms with Gasteiger partial charge in [-0.3, -0.25) is 4.79 Å². The van der Waals surface area contributed by atoms with E-state index in [9.17, 15) is 14.7 Å². The lowest BCUT2D eigenvalue weighted by molar-refractivity contribution is -0.145. The van der Waals surface area contributed by atoms with Crippen LogP contribution in [0.5, 0.6) is 0 Å². The summed E-state index contributed by atoms with van der Waals surface area (Å²) in [6.45, 7) is 3.63. The van der Waals surface area contributed by atoms with E-state index in [1.807, 2.05) is 19.1 Å². The molecule has 0 radical (unpaired) electrons.